The van der Waals surface area contributed by atoms with Gasteiger partial charge in [0, 0.05) is 33.5 Å². The quantitative estimate of drug-likeness (QED) is 0.361. The van der Waals surface area contributed by atoms with Gasteiger partial charge in [-0.15, -0.1) is 0 Å². The lowest BCUT2D eigenvalue weighted by atomic mass is 9.37. The van der Waals surface area contributed by atoms with Crippen LogP contribution in [-0.2, 0) is 38.5 Å². The number of rotatable bonds is 3. The minimum Gasteiger partial charge on any atom is -0.458 e. The lowest BCUT2D eigenvalue weighted by molar-refractivity contribution is -0.185. The maximum atomic E-state index is 13.7. The average Bonchev–Trinajstić information content (AvgIpc) is 3.49. The molecule has 13 heteroatoms. The van der Waals surface area contributed by atoms with Gasteiger partial charge in [-0.05, 0) is 43.4 Å². The van der Waals surface area contributed by atoms with E-state index in [-0.39, 0.29) is 37.5 Å². The summed E-state index contributed by atoms with van der Waals surface area (Å²) in [7, 11) is 0. The zero-order valence-corrected chi connectivity index (χ0v) is 21.6. The number of carbonyl (C=O) groups is 2. The van der Waals surface area contributed by atoms with Crippen LogP contribution in [0.1, 0.15) is 54.9 Å². The van der Waals surface area contributed by atoms with E-state index in [4.69, 9.17) is 19.2 Å². The summed E-state index contributed by atoms with van der Waals surface area (Å²) in [6.45, 7) is 1.54. The predicted octanol–water partition coefficient (Wildman–Crippen LogP) is 2.66. The highest BCUT2D eigenvalue weighted by molar-refractivity contribution is 5.93. The lowest BCUT2D eigenvalue weighted by Crippen LogP contribution is -2.77. The molecule has 3 aliphatic heterocycles. The molecule has 9 rings (SSSR count). The second-order valence-electron chi connectivity index (χ2n) is 11.7. The number of alkyl halides is 3. The molecule has 0 saturated heterocycles. The molecule has 2 bridgehead atoms. The zero-order valence-electron chi connectivity index (χ0n) is 21.6. The fraction of sp³-hybridized carbons (Fsp3) is 0.429. The van der Waals surface area contributed by atoms with Crippen LogP contribution in [0.25, 0.3) is 22.3 Å². The monoisotopic (exact) mass is 569 g/mol. The van der Waals surface area contributed by atoms with Gasteiger partial charge in [-0.1, -0.05) is 6.92 Å². The van der Waals surface area contributed by atoms with Crippen LogP contribution in [0.15, 0.2) is 23.0 Å². The molecule has 0 spiro atoms. The van der Waals surface area contributed by atoms with Crippen LogP contribution in [-0.4, -0.2) is 45.0 Å². The van der Waals surface area contributed by atoms with Crippen molar-refractivity contribution < 1.29 is 42.1 Å². The molecule has 6 aliphatic rings. The number of aliphatic hydroxyl groups is 1. The minimum absolute atomic E-state index is 0.00327. The van der Waals surface area contributed by atoms with E-state index in [2.05, 4.69) is 5.32 Å². The number of hydrogen-bond acceptors (Lipinski definition) is 8. The normalized spacial score (nSPS) is 28.3. The molecule has 1 aromatic carbocycles. The second-order valence-corrected chi connectivity index (χ2v) is 11.7. The Balaban J connectivity index is 1.31. The van der Waals surface area contributed by atoms with E-state index in [1.54, 1.807) is 25.1 Å². The van der Waals surface area contributed by atoms with Gasteiger partial charge in [0.1, 0.15) is 6.61 Å². The zero-order chi connectivity index (χ0) is 28.7. The highest BCUT2D eigenvalue weighted by Gasteiger charge is 2.71. The Labute approximate surface area is 229 Å². The number of esters is 1. The second kappa shape index (κ2) is 7.38. The molecular weight excluding hydrogens is 547 g/mol. The fourth-order valence-electron chi connectivity index (χ4n) is 7.57. The summed E-state index contributed by atoms with van der Waals surface area (Å²) in [6.07, 6.45) is -4.05. The summed E-state index contributed by atoms with van der Waals surface area (Å²) in [6, 6.07) is 5.16. The van der Waals surface area contributed by atoms with Crippen LogP contribution in [0.2, 0.25) is 0 Å². The van der Waals surface area contributed by atoms with E-state index in [9.17, 15) is 32.7 Å². The molecule has 3 aromatic rings. The van der Waals surface area contributed by atoms with Crippen molar-refractivity contribution in [3.05, 3.63) is 50.8 Å². The van der Waals surface area contributed by atoms with Gasteiger partial charge in [-0.2, -0.15) is 13.2 Å². The number of nitrogens with one attached hydrogen (secondary N) is 1. The highest BCUT2D eigenvalue weighted by atomic mass is 19.4. The van der Waals surface area contributed by atoms with Crippen molar-refractivity contribution in [2.75, 3.05) is 6.79 Å². The molecule has 0 radical (unpaired) electrons. The lowest BCUT2D eigenvalue weighted by Gasteiger charge is -2.71. The van der Waals surface area contributed by atoms with Crippen LogP contribution < -0.4 is 20.3 Å². The van der Waals surface area contributed by atoms with E-state index in [1.165, 1.54) is 4.57 Å². The van der Waals surface area contributed by atoms with Crippen molar-refractivity contribution in [2.24, 2.45) is 0 Å². The largest absolute Gasteiger partial charge is 0.471 e. The Bertz CT molecular complexity index is 1810. The van der Waals surface area contributed by atoms with Crippen molar-refractivity contribution in [1.29, 1.82) is 0 Å². The van der Waals surface area contributed by atoms with Crippen LogP contribution in [0, 0.1) is 0 Å². The summed E-state index contributed by atoms with van der Waals surface area (Å²) in [5, 5.41) is 14.1. The van der Waals surface area contributed by atoms with Crippen molar-refractivity contribution in [3.63, 3.8) is 0 Å². The molecule has 10 nitrogen and oxygen atoms in total. The first-order valence-corrected chi connectivity index (χ1v) is 13.2. The van der Waals surface area contributed by atoms with Gasteiger partial charge in [0.25, 0.3) is 5.56 Å². The Hall–Kier alpha value is -4.13. The van der Waals surface area contributed by atoms with Crippen LogP contribution in [0.5, 0.6) is 11.5 Å². The first-order valence-electron chi connectivity index (χ1n) is 13.2. The molecule has 0 unspecified atom stereocenters. The molecule has 212 valence electrons. The third-order valence-electron chi connectivity index (χ3n) is 9.38. The van der Waals surface area contributed by atoms with Gasteiger partial charge in [-0.25, -0.2) is 9.78 Å². The van der Waals surface area contributed by atoms with Gasteiger partial charge in [-0.3, -0.25) is 9.59 Å². The van der Waals surface area contributed by atoms with Crippen molar-refractivity contribution in [1.82, 2.24) is 14.9 Å². The number of halogens is 3. The number of amides is 1. The molecule has 1 amide bonds. The molecule has 3 fully saturated rings. The van der Waals surface area contributed by atoms with E-state index in [0.29, 0.717) is 47.7 Å². The summed E-state index contributed by atoms with van der Waals surface area (Å²) in [4.78, 5) is 42.8. The summed E-state index contributed by atoms with van der Waals surface area (Å²) >= 11 is 0. The summed E-state index contributed by atoms with van der Waals surface area (Å²) in [5.74, 6) is -1.77. The number of fused-ring (bicyclic) bond motifs is 6. The van der Waals surface area contributed by atoms with Gasteiger partial charge >= 0.3 is 18.1 Å². The average molecular weight is 569 g/mol. The maximum absolute atomic E-state index is 13.7. The molecule has 1 atom stereocenters. The Morgan fingerprint density at radius 3 is 2.49 bits per heavy atom. The number of nitrogens with zero attached hydrogens (tertiary/aromatic N) is 2. The number of benzene rings is 1. The molecule has 5 heterocycles. The predicted molar refractivity (Wildman–Crippen MR) is 133 cm³/mol. The molecular formula is C28H22F3N3O7. The van der Waals surface area contributed by atoms with E-state index >= 15 is 0 Å². The summed E-state index contributed by atoms with van der Waals surface area (Å²) < 4.78 is 56.8. The SMILES string of the molecule is CC[C@@]1(O)C(=O)OCc2c1cc1n(c2=O)Cc2c-1nc1cc3c(cc1c2C12CC(NC(=O)C(F)(F)F)(C1)C2)OCO3. The van der Waals surface area contributed by atoms with Gasteiger partial charge < -0.3 is 29.2 Å². The number of hydrogen-bond donors (Lipinski definition) is 2. The molecule has 3 saturated carbocycles. The van der Waals surface area contributed by atoms with E-state index < -0.39 is 40.2 Å². The van der Waals surface area contributed by atoms with Gasteiger partial charge in [0.2, 0.25) is 6.79 Å². The number of aromatic nitrogens is 2. The third kappa shape index (κ3) is 3.01. The fourth-order valence-corrected chi connectivity index (χ4v) is 7.57. The van der Waals surface area contributed by atoms with Gasteiger partial charge in [0.15, 0.2) is 17.1 Å². The minimum atomic E-state index is -4.97. The topological polar surface area (TPSA) is 129 Å². The van der Waals surface area contributed by atoms with Crippen LogP contribution in [0.3, 0.4) is 0 Å². The molecule has 41 heavy (non-hydrogen) atoms. The number of ether oxygens (including phenoxy) is 3. The number of pyridine rings is 2. The first kappa shape index (κ1) is 24.6. The molecule has 3 aliphatic carbocycles. The van der Waals surface area contributed by atoms with Crippen molar-refractivity contribution in [3.8, 4) is 22.9 Å². The Morgan fingerprint density at radius 2 is 1.80 bits per heavy atom. The maximum Gasteiger partial charge on any atom is 0.471 e. The first-order chi connectivity index (χ1) is 19.4. The van der Waals surface area contributed by atoms with Crippen molar-refractivity contribution >= 4 is 22.8 Å². The van der Waals surface area contributed by atoms with Crippen LogP contribution in [0.4, 0.5) is 13.2 Å². The Kier molecular flexibility index (Phi) is 4.44. The standard InChI is InChI=1S/C28H22F3N3O7/c1-2-27(38)15-4-17-21-13(6-34(17)22(35)14(15)7-39-24(27)37)20(12-3-18-19(41-11-40-18)5-16(12)32-21)25-8-26(9-25,10-25)33-23(36)28(29,30)31/h3-5,38H,2,6-11H2,1H3,(H,33,36)/t25?,26?,27-/m0/s1. The number of carbonyl (C=O) groups excluding carboxylic acids is 2. The summed E-state index contributed by atoms with van der Waals surface area (Å²) in [5.41, 5.74) is -0.445. The third-order valence-corrected chi connectivity index (χ3v) is 9.38. The molecule has 2 aromatic heterocycles. The van der Waals surface area contributed by atoms with Crippen molar-refractivity contribution in [2.45, 2.75) is 68.5 Å². The van der Waals surface area contributed by atoms with Gasteiger partial charge in [0.05, 0.1) is 29.0 Å². The highest BCUT2D eigenvalue weighted by Crippen LogP contribution is 2.70. The van der Waals surface area contributed by atoms with E-state index in [1.807, 2.05) is 0 Å². The van der Waals surface area contributed by atoms with Crippen LogP contribution >= 0.6 is 0 Å². The molecule has 2 N–H and O–H groups in total. The Morgan fingerprint density at radius 1 is 1.10 bits per heavy atom. The number of cyclic esters (lactones) is 1. The van der Waals surface area contributed by atoms with E-state index in [0.717, 1.165) is 16.5 Å². The smallest absolute Gasteiger partial charge is 0.458 e.